The Morgan fingerprint density at radius 3 is 2.43 bits per heavy atom. The average Bonchev–Trinajstić information content (AvgIpc) is 2.85. The molecule has 0 aliphatic heterocycles. The second-order valence-corrected chi connectivity index (χ2v) is 6.88. The van der Waals surface area contributed by atoms with Crippen LogP contribution in [0.5, 0.6) is 0 Å². The molecule has 1 N–H and O–H groups in total. The molecule has 0 saturated heterocycles. The fourth-order valence-corrected chi connectivity index (χ4v) is 2.77. The standard InChI is InChI=1S/C17H25NO2S/c1-13(2)10-18(11-14(3)4)17(20)15-9-16(21-12-15)7-5-6-8-19/h9,12-14,19H,6,8,10-11H2,1-4H3. The molecule has 1 heterocycles. The fraction of sp³-hybridized carbons (Fsp3) is 0.588. The molecule has 1 rings (SSSR count). The number of nitrogens with zero attached hydrogens (tertiary/aromatic N) is 1. The number of carbonyl (C=O) groups is 1. The monoisotopic (exact) mass is 307 g/mol. The molecule has 0 bridgehead atoms. The molecule has 3 nitrogen and oxygen atoms in total. The van der Waals surface area contributed by atoms with Gasteiger partial charge in [0.25, 0.3) is 5.91 Å². The number of aliphatic hydroxyl groups excluding tert-OH is 1. The van der Waals surface area contributed by atoms with Crippen LogP contribution in [-0.2, 0) is 0 Å². The largest absolute Gasteiger partial charge is 0.395 e. The van der Waals surface area contributed by atoms with Crippen molar-refractivity contribution in [3.05, 3.63) is 21.9 Å². The summed E-state index contributed by atoms with van der Waals surface area (Å²) in [6, 6.07) is 1.85. The fourth-order valence-electron chi connectivity index (χ4n) is 2.02. The van der Waals surface area contributed by atoms with Gasteiger partial charge in [-0.15, -0.1) is 11.3 Å². The smallest absolute Gasteiger partial charge is 0.254 e. The van der Waals surface area contributed by atoms with Crippen molar-refractivity contribution in [2.75, 3.05) is 19.7 Å². The predicted molar refractivity (Wildman–Crippen MR) is 88.5 cm³/mol. The molecular weight excluding hydrogens is 282 g/mol. The van der Waals surface area contributed by atoms with Crippen LogP contribution in [0.3, 0.4) is 0 Å². The van der Waals surface area contributed by atoms with Crippen molar-refractivity contribution in [1.29, 1.82) is 0 Å². The van der Waals surface area contributed by atoms with Crippen molar-refractivity contribution < 1.29 is 9.90 Å². The second kappa shape index (κ2) is 8.86. The summed E-state index contributed by atoms with van der Waals surface area (Å²) in [5.74, 6) is 6.86. The Balaban J connectivity index is 2.81. The van der Waals surface area contributed by atoms with Crippen molar-refractivity contribution in [3.8, 4) is 11.8 Å². The molecule has 0 aliphatic rings. The summed E-state index contributed by atoms with van der Waals surface area (Å²) in [5.41, 5.74) is 0.717. The Morgan fingerprint density at radius 1 is 1.29 bits per heavy atom. The Bertz CT molecular complexity index is 498. The third-order valence-corrected chi connectivity index (χ3v) is 3.60. The van der Waals surface area contributed by atoms with E-state index in [1.807, 2.05) is 16.3 Å². The van der Waals surface area contributed by atoms with Crippen molar-refractivity contribution in [3.63, 3.8) is 0 Å². The van der Waals surface area contributed by atoms with E-state index in [-0.39, 0.29) is 12.5 Å². The maximum absolute atomic E-state index is 12.6. The average molecular weight is 307 g/mol. The highest BCUT2D eigenvalue weighted by molar-refractivity contribution is 7.10. The first kappa shape index (κ1) is 17.7. The first-order chi connectivity index (χ1) is 9.93. The van der Waals surface area contributed by atoms with Gasteiger partial charge in [-0.05, 0) is 17.9 Å². The van der Waals surface area contributed by atoms with Crippen molar-refractivity contribution in [2.24, 2.45) is 11.8 Å². The van der Waals surface area contributed by atoms with E-state index < -0.39 is 0 Å². The van der Waals surface area contributed by atoms with Crippen molar-refractivity contribution in [2.45, 2.75) is 34.1 Å². The Labute approximate surface area is 132 Å². The predicted octanol–water partition coefficient (Wildman–Crippen LogP) is 3.24. The molecule has 0 unspecified atom stereocenters. The lowest BCUT2D eigenvalue weighted by Crippen LogP contribution is -2.36. The minimum absolute atomic E-state index is 0.0702. The van der Waals surface area contributed by atoms with Crippen LogP contribution in [0.25, 0.3) is 0 Å². The molecular formula is C17H25NO2S. The summed E-state index contributed by atoms with van der Waals surface area (Å²) in [4.78, 5) is 15.4. The lowest BCUT2D eigenvalue weighted by Gasteiger charge is -2.26. The van der Waals surface area contributed by atoms with Crippen LogP contribution in [0.15, 0.2) is 11.4 Å². The maximum atomic E-state index is 12.6. The summed E-state index contributed by atoms with van der Waals surface area (Å²) in [7, 11) is 0. The third-order valence-electron chi connectivity index (χ3n) is 2.75. The zero-order chi connectivity index (χ0) is 15.8. The van der Waals surface area contributed by atoms with Gasteiger partial charge in [-0.25, -0.2) is 0 Å². The quantitative estimate of drug-likeness (QED) is 0.820. The lowest BCUT2D eigenvalue weighted by molar-refractivity contribution is 0.0715. The zero-order valence-corrected chi connectivity index (χ0v) is 14.2. The SMILES string of the molecule is CC(C)CN(CC(C)C)C(=O)c1csc(C#CCCO)c1. The molecule has 1 amide bonds. The zero-order valence-electron chi connectivity index (χ0n) is 13.3. The van der Waals surface area contributed by atoms with E-state index in [4.69, 9.17) is 5.11 Å². The molecule has 4 heteroatoms. The molecule has 21 heavy (non-hydrogen) atoms. The topological polar surface area (TPSA) is 40.5 Å². The van der Waals surface area contributed by atoms with Gasteiger partial charge in [0, 0.05) is 24.9 Å². The Hall–Kier alpha value is -1.31. The molecule has 0 aromatic carbocycles. The van der Waals surface area contributed by atoms with E-state index in [0.29, 0.717) is 18.3 Å². The number of hydrogen-bond donors (Lipinski definition) is 1. The molecule has 0 aliphatic carbocycles. The van der Waals surface area contributed by atoms with E-state index in [9.17, 15) is 4.79 Å². The highest BCUT2D eigenvalue weighted by Gasteiger charge is 2.19. The molecule has 1 aromatic rings. The molecule has 0 radical (unpaired) electrons. The number of rotatable bonds is 6. The van der Waals surface area contributed by atoms with Gasteiger partial charge >= 0.3 is 0 Å². The molecule has 0 fully saturated rings. The van der Waals surface area contributed by atoms with Gasteiger partial charge in [0.2, 0.25) is 0 Å². The number of thiophene rings is 1. The van der Waals surface area contributed by atoms with E-state index in [2.05, 4.69) is 39.5 Å². The van der Waals surface area contributed by atoms with Crippen LogP contribution in [0.4, 0.5) is 0 Å². The number of aliphatic hydroxyl groups is 1. The molecule has 0 spiro atoms. The molecule has 0 atom stereocenters. The van der Waals surface area contributed by atoms with E-state index in [0.717, 1.165) is 23.5 Å². The van der Waals surface area contributed by atoms with Crippen LogP contribution in [-0.4, -0.2) is 35.6 Å². The van der Waals surface area contributed by atoms with Gasteiger partial charge in [0.1, 0.15) is 0 Å². The maximum Gasteiger partial charge on any atom is 0.254 e. The first-order valence-corrected chi connectivity index (χ1v) is 8.29. The van der Waals surface area contributed by atoms with Crippen molar-refractivity contribution in [1.82, 2.24) is 4.90 Å². The van der Waals surface area contributed by atoms with Crippen molar-refractivity contribution >= 4 is 17.2 Å². The van der Waals surface area contributed by atoms with Crippen LogP contribution in [0, 0.1) is 23.7 Å². The summed E-state index contributed by atoms with van der Waals surface area (Å²) in [6.45, 7) is 10.1. The van der Waals surface area contributed by atoms with Gasteiger partial charge in [0.05, 0.1) is 17.0 Å². The minimum atomic E-state index is 0.0702. The third kappa shape index (κ3) is 6.33. The number of hydrogen-bond acceptors (Lipinski definition) is 3. The highest BCUT2D eigenvalue weighted by Crippen LogP contribution is 2.17. The minimum Gasteiger partial charge on any atom is -0.395 e. The van der Waals surface area contributed by atoms with Gasteiger partial charge in [-0.3, -0.25) is 4.79 Å². The van der Waals surface area contributed by atoms with Gasteiger partial charge < -0.3 is 10.0 Å². The van der Waals surface area contributed by atoms with Crippen LogP contribution < -0.4 is 0 Å². The summed E-state index contributed by atoms with van der Waals surface area (Å²) >= 11 is 1.48. The summed E-state index contributed by atoms with van der Waals surface area (Å²) in [6.07, 6.45) is 0.466. The van der Waals surface area contributed by atoms with Gasteiger partial charge in [0.15, 0.2) is 0 Å². The Kier molecular flexibility index (Phi) is 7.49. The first-order valence-electron chi connectivity index (χ1n) is 7.41. The van der Waals surface area contributed by atoms with Gasteiger partial charge in [-0.1, -0.05) is 39.5 Å². The van der Waals surface area contributed by atoms with Gasteiger partial charge in [-0.2, -0.15) is 0 Å². The van der Waals surface area contributed by atoms with E-state index in [1.165, 1.54) is 11.3 Å². The molecule has 116 valence electrons. The second-order valence-electron chi connectivity index (χ2n) is 5.97. The van der Waals surface area contributed by atoms with Crippen LogP contribution >= 0.6 is 11.3 Å². The van der Waals surface area contributed by atoms with Crippen LogP contribution in [0.1, 0.15) is 49.4 Å². The summed E-state index contributed by atoms with van der Waals surface area (Å²) in [5, 5.41) is 10.6. The molecule has 0 saturated carbocycles. The molecule has 1 aromatic heterocycles. The van der Waals surface area contributed by atoms with E-state index in [1.54, 1.807) is 0 Å². The Morgan fingerprint density at radius 2 is 1.90 bits per heavy atom. The number of carbonyl (C=O) groups excluding carboxylic acids is 1. The normalized spacial score (nSPS) is 10.6. The van der Waals surface area contributed by atoms with Crippen LogP contribution in [0.2, 0.25) is 0 Å². The lowest BCUT2D eigenvalue weighted by atomic mass is 10.1. The number of amides is 1. The summed E-state index contributed by atoms with van der Waals surface area (Å²) < 4.78 is 0. The highest BCUT2D eigenvalue weighted by atomic mass is 32.1. The van der Waals surface area contributed by atoms with E-state index >= 15 is 0 Å².